The van der Waals surface area contributed by atoms with E-state index >= 15 is 0 Å². The van der Waals surface area contributed by atoms with E-state index in [9.17, 15) is 0 Å². The van der Waals surface area contributed by atoms with Crippen LogP contribution in [-0.2, 0) is 6.54 Å². The smallest absolute Gasteiger partial charge is 0.148 e. The van der Waals surface area contributed by atoms with Crippen molar-refractivity contribution in [1.29, 1.82) is 0 Å². The van der Waals surface area contributed by atoms with E-state index in [1.165, 1.54) is 6.33 Å². The van der Waals surface area contributed by atoms with Gasteiger partial charge in [-0.2, -0.15) is 0 Å². The van der Waals surface area contributed by atoms with E-state index in [1.54, 1.807) is 0 Å². The van der Waals surface area contributed by atoms with E-state index in [0.717, 1.165) is 22.8 Å². The monoisotopic (exact) mass is 272 g/mol. The lowest BCUT2D eigenvalue weighted by Gasteiger charge is -2.16. The Bertz CT molecular complexity index is 582. The van der Waals surface area contributed by atoms with Gasteiger partial charge in [-0.05, 0) is 25.0 Å². The number of rotatable bonds is 5. The maximum atomic E-state index is 5.50. The number of aromatic nitrogens is 3. The summed E-state index contributed by atoms with van der Waals surface area (Å²) < 4.78 is 0. The minimum Gasteiger partial charge on any atom is -0.364 e. The van der Waals surface area contributed by atoms with Gasteiger partial charge < -0.3 is 10.7 Å². The summed E-state index contributed by atoms with van der Waals surface area (Å²) >= 11 is 0. The van der Waals surface area contributed by atoms with Crippen LogP contribution in [0.2, 0.25) is 0 Å². The van der Waals surface area contributed by atoms with E-state index in [2.05, 4.69) is 39.5 Å². The molecular weight excluding hydrogens is 252 g/mol. The first-order valence-electron chi connectivity index (χ1n) is 6.59. The van der Waals surface area contributed by atoms with Crippen molar-refractivity contribution in [1.82, 2.24) is 15.0 Å². The fourth-order valence-corrected chi connectivity index (χ4v) is 2.07. The molecule has 106 valence electrons. The van der Waals surface area contributed by atoms with E-state index < -0.39 is 0 Å². The van der Waals surface area contributed by atoms with Gasteiger partial charge >= 0.3 is 0 Å². The summed E-state index contributed by atoms with van der Waals surface area (Å²) in [6, 6.07) is 5.96. The molecule has 0 unspecified atom stereocenters. The number of hydrogen-bond donors (Lipinski definition) is 3. The summed E-state index contributed by atoms with van der Waals surface area (Å²) in [4.78, 5) is 12.9. The van der Waals surface area contributed by atoms with Crippen LogP contribution in [0.1, 0.15) is 36.7 Å². The predicted octanol–water partition coefficient (Wildman–Crippen LogP) is 2.20. The molecule has 0 aliphatic rings. The van der Waals surface area contributed by atoms with E-state index in [-0.39, 0.29) is 5.92 Å². The van der Waals surface area contributed by atoms with Crippen molar-refractivity contribution < 1.29 is 0 Å². The summed E-state index contributed by atoms with van der Waals surface area (Å²) in [5.41, 5.74) is 5.57. The normalized spacial score (nSPS) is 10.7. The van der Waals surface area contributed by atoms with Gasteiger partial charge in [-0.25, -0.2) is 15.8 Å². The van der Waals surface area contributed by atoms with Gasteiger partial charge in [0, 0.05) is 11.3 Å². The van der Waals surface area contributed by atoms with Crippen LogP contribution < -0.4 is 16.6 Å². The standard InChI is InChI=1S/C14H20N6/c1-9(2)12-13(17-8-18-14(12)20-15)16-7-11-6-4-5-10(3)19-11/h4-6,8-9H,7,15H2,1-3H3,(H2,16,17,18,20). The van der Waals surface area contributed by atoms with Crippen LogP contribution in [0.15, 0.2) is 24.5 Å². The molecule has 0 spiro atoms. The molecule has 0 atom stereocenters. The molecule has 4 N–H and O–H groups in total. The summed E-state index contributed by atoms with van der Waals surface area (Å²) in [5, 5.41) is 3.30. The number of nitrogens with zero attached hydrogens (tertiary/aromatic N) is 3. The second-order valence-corrected chi connectivity index (χ2v) is 4.91. The highest BCUT2D eigenvalue weighted by atomic mass is 15.3. The Morgan fingerprint density at radius 3 is 2.60 bits per heavy atom. The first-order chi connectivity index (χ1) is 9.61. The Morgan fingerprint density at radius 1 is 1.20 bits per heavy atom. The maximum Gasteiger partial charge on any atom is 0.148 e. The number of hydrogen-bond acceptors (Lipinski definition) is 6. The molecule has 0 bridgehead atoms. The second kappa shape index (κ2) is 6.29. The minimum absolute atomic E-state index is 0.259. The third kappa shape index (κ3) is 3.21. The van der Waals surface area contributed by atoms with E-state index in [1.807, 2.05) is 25.1 Å². The van der Waals surface area contributed by atoms with Crippen molar-refractivity contribution >= 4 is 11.6 Å². The van der Waals surface area contributed by atoms with Gasteiger partial charge in [0.25, 0.3) is 0 Å². The average molecular weight is 272 g/mol. The molecule has 6 nitrogen and oxygen atoms in total. The molecule has 2 rings (SSSR count). The van der Waals surface area contributed by atoms with Crippen LogP contribution in [0.4, 0.5) is 11.6 Å². The number of nitrogen functional groups attached to an aromatic ring is 1. The van der Waals surface area contributed by atoms with E-state index in [0.29, 0.717) is 12.4 Å². The topological polar surface area (TPSA) is 88.8 Å². The van der Waals surface area contributed by atoms with Gasteiger partial charge in [0.1, 0.15) is 18.0 Å². The quantitative estimate of drug-likeness (QED) is 0.571. The molecule has 2 aromatic rings. The van der Waals surface area contributed by atoms with Gasteiger partial charge in [-0.1, -0.05) is 19.9 Å². The number of nitrogens with one attached hydrogen (secondary N) is 2. The lowest BCUT2D eigenvalue weighted by Crippen LogP contribution is -2.15. The SMILES string of the molecule is Cc1cccc(CNc2ncnc(NN)c2C(C)C)n1. The van der Waals surface area contributed by atoms with Gasteiger partial charge in [0.15, 0.2) is 0 Å². The Balaban J connectivity index is 2.21. The first-order valence-corrected chi connectivity index (χ1v) is 6.59. The summed E-state index contributed by atoms with van der Waals surface area (Å²) in [6.07, 6.45) is 1.49. The summed E-state index contributed by atoms with van der Waals surface area (Å²) in [5.74, 6) is 7.19. The molecule has 20 heavy (non-hydrogen) atoms. The molecule has 0 amide bonds. The fraction of sp³-hybridized carbons (Fsp3) is 0.357. The maximum absolute atomic E-state index is 5.50. The van der Waals surface area contributed by atoms with Crippen molar-refractivity contribution in [2.24, 2.45) is 5.84 Å². The average Bonchev–Trinajstić information content (AvgIpc) is 2.44. The van der Waals surface area contributed by atoms with Gasteiger partial charge in [-0.15, -0.1) is 0 Å². The Morgan fingerprint density at radius 2 is 1.95 bits per heavy atom. The third-order valence-corrected chi connectivity index (χ3v) is 2.98. The van der Waals surface area contributed by atoms with Crippen molar-refractivity contribution in [3.63, 3.8) is 0 Å². The Hall–Kier alpha value is -2.21. The molecule has 0 radical (unpaired) electrons. The molecule has 2 heterocycles. The van der Waals surface area contributed by atoms with Crippen molar-refractivity contribution in [2.45, 2.75) is 33.2 Å². The highest BCUT2D eigenvalue weighted by Crippen LogP contribution is 2.27. The minimum atomic E-state index is 0.259. The number of hydrazine groups is 1. The lowest BCUT2D eigenvalue weighted by atomic mass is 10.0. The molecule has 0 fully saturated rings. The summed E-state index contributed by atoms with van der Waals surface area (Å²) in [6.45, 7) is 6.75. The lowest BCUT2D eigenvalue weighted by molar-refractivity contribution is 0.843. The van der Waals surface area contributed by atoms with Crippen LogP contribution in [0.25, 0.3) is 0 Å². The van der Waals surface area contributed by atoms with Crippen LogP contribution >= 0.6 is 0 Å². The molecule has 2 aromatic heterocycles. The fourth-order valence-electron chi connectivity index (χ4n) is 2.07. The largest absolute Gasteiger partial charge is 0.364 e. The molecule has 0 aliphatic heterocycles. The van der Waals surface area contributed by atoms with Gasteiger partial charge in [-0.3, -0.25) is 4.98 Å². The zero-order valence-electron chi connectivity index (χ0n) is 12.0. The molecule has 0 aliphatic carbocycles. The molecule has 0 saturated heterocycles. The highest BCUT2D eigenvalue weighted by Gasteiger charge is 2.14. The molecular formula is C14H20N6. The number of anilines is 2. The number of nitrogens with two attached hydrogens (primary N) is 1. The Kier molecular flexibility index (Phi) is 4.47. The predicted molar refractivity (Wildman–Crippen MR) is 80.2 cm³/mol. The highest BCUT2D eigenvalue weighted by molar-refractivity contribution is 5.58. The van der Waals surface area contributed by atoms with Crippen molar-refractivity contribution in [2.75, 3.05) is 10.7 Å². The van der Waals surface area contributed by atoms with Crippen molar-refractivity contribution in [3.05, 3.63) is 41.5 Å². The number of aryl methyl sites for hydroxylation is 1. The molecule has 6 heteroatoms. The van der Waals surface area contributed by atoms with E-state index in [4.69, 9.17) is 5.84 Å². The van der Waals surface area contributed by atoms with Crippen LogP contribution in [-0.4, -0.2) is 15.0 Å². The van der Waals surface area contributed by atoms with Gasteiger partial charge in [0.2, 0.25) is 0 Å². The van der Waals surface area contributed by atoms with Crippen LogP contribution in [0.3, 0.4) is 0 Å². The second-order valence-electron chi connectivity index (χ2n) is 4.91. The number of pyridine rings is 1. The van der Waals surface area contributed by atoms with Crippen molar-refractivity contribution in [3.8, 4) is 0 Å². The Labute approximate surface area is 118 Å². The third-order valence-electron chi connectivity index (χ3n) is 2.98. The van der Waals surface area contributed by atoms with Gasteiger partial charge in [0.05, 0.1) is 12.2 Å². The molecule has 0 aromatic carbocycles. The zero-order valence-corrected chi connectivity index (χ0v) is 12.0. The summed E-state index contributed by atoms with van der Waals surface area (Å²) in [7, 11) is 0. The van der Waals surface area contributed by atoms with Crippen LogP contribution in [0.5, 0.6) is 0 Å². The first kappa shape index (κ1) is 14.2. The zero-order chi connectivity index (χ0) is 14.5. The van der Waals surface area contributed by atoms with Crippen LogP contribution in [0, 0.1) is 6.92 Å². The molecule has 0 saturated carbocycles.